The van der Waals surface area contributed by atoms with Crippen LogP contribution < -0.4 is 0 Å². The van der Waals surface area contributed by atoms with Gasteiger partial charge in [-0.05, 0) is 42.5 Å². The van der Waals surface area contributed by atoms with Crippen molar-refractivity contribution in [2.24, 2.45) is 5.92 Å². The molecule has 2 aromatic carbocycles. The quantitative estimate of drug-likeness (QED) is 0.362. The van der Waals surface area contributed by atoms with Gasteiger partial charge in [-0.15, -0.1) is 0 Å². The Morgan fingerprint density at radius 3 is 2.03 bits per heavy atom. The van der Waals surface area contributed by atoms with Gasteiger partial charge in [0.15, 0.2) is 0 Å². The van der Waals surface area contributed by atoms with Crippen molar-refractivity contribution in [3.63, 3.8) is 0 Å². The normalized spacial score (nSPS) is 19.3. The Balaban J connectivity index is 1.56. The second-order valence-electron chi connectivity index (χ2n) is 10.5. The Morgan fingerprint density at radius 2 is 1.44 bits per heavy atom. The van der Waals surface area contributed by atoms with Crippen molar-refractivity contribution < 1.29 is 35.9 Å². The molecule has 212 valence electrons. The number of amides is 2. The molecule has 1 heterocycles. The average molecular weight is 555 g/mol. The molecule has 1 saturated carbocycles. The first-order valence-electron chi connectivity index (χ1n) is 13.3. The van der Waals surface area contributed by atoms with Crippen LogP contribution in [0.25, 0.3) is 0 Å². The van der Waals surface area contributed by atoms with Gasteiger partial charge in [0.25, 0.3) is 5.91 Å². The molecule has 2 aliphatic rings. The van der Waals surface area contributed by atoms with E-state index in [0.717, 1.165) is 24.8 Å². The minimum atomic E-state index is -5.05. The van der Waals surface area contributed by atoms with Gasteiger partial charge in [0, 0.05) is 31.6 Å². The van der Waals surface area contributed by atoms with Crippen LogP contribution in [0.1, 0.15) is 72.0 Å². The maximum absolute atomic E-state index is 13.5. The molecule has 1 aliphatic heterocycles. The van der Waals surface area contributed by atoms with Crippen molar-refractivity contribution in [1.29, 1.82) is 0 Å². The largest absolute Gasteiger partial charge is 0.416 e. The van der Waals surface area contributed by atoms with Crippen molar-refractivity contribution >= 4 is 11.8 Å². The van der Waals surface area contributed by atoms with Gasteiger partial charge in [0.2, 0.25) is 5.91 Å². The first kappa shape index (κ1) is 29.0. The van der Waals surface area contributed by atoms with Gasteiger partial charge in [-0.25, -0.2) is 0 Å². The first-order valence-corrected chi connectivity index (χ1v) is 13.3. The summed E-state index contributed by atoms with van der Waals surface area (Å²) >= 11 is 0. The van der Waals surface area contributed by atoms with Gasteiger partial charge >= 0.3 is 12.4 Å². The van der Waals surface area contributed by atoms with Gasteiger partial charge in [0.1, 0.15) is 0 Å². The second kappa shape index (κ2) is 12.0. The zero-order valence-corrected chi connectivity index (χ0v) is 21.5. The standard InChI is InChI=1S/C29H32F6N2O2/c30-28(31,32)23-16-22(17-24(18-23)29(33,34)35)27(39)37-14-13-36(19-25(37)15-21-9-5-2-6-10-21)26(38)12-11-20-7-3-1-4-8-20/h2,5-6,9-10,16-18,20,25H,1,3-4,7-8,11-15,19H2/t25-/m1/s1. The molecule has 1 atom stereocenters. The highest BCUT2D eigenvalue weighted by Crippen LogP contribution is 2.37. The molecule has 4 rings (SSSR count). The fraction of sp³-hybridized carbons (Fsp3) is 0.517. The lowest BCUT2D eigenvalue weighted by Crippen LogP contribution is -2.57. The average Bonchev–Trinajstić information content (AvgIpc) is 2.91. The predicted octanol–water partition coefficient (Wildman–Crippen LogP) is 6.98. The lowest BCUT2D eigenvalue weighted by atomic mass is 9.86. The molecule has 4 nitrogen and oxygen atoms in total. The van der Waals surface area contributed by atoms with Crippen molar-refractivity contribution in [1.82, 2.24) is 9.80 Å². The molecule has 1 aliphatic carbocycles. The van der Waals surface area contributed by atoms with E-state index < -0.39 is 41.0 Å². The van der Waals surface area contributed by atoms with E-state index >= 15 is 0 Å². The molecule has 2 fully saturated rings. The van der Waals surface area contributed by atoms with Crippen LogP contribution in [0.4, 0.5) is 26.3 Å². The summed E-state index contributed by atoms with van der Waals surface area (Å²) in [5.41, 5.74) is -2.89. The Kier molecular flexibility index (Phi) is 8.91. The third-order valence-electron chi connectivity index (χ3n) is 7.74. The van der Waals surface area contributed by atoms with Crippen LogP contribution in [0, 0.1) is 5.92 Å². The Hall–Kier alpha value is -3.04. The van der Waals surface area contributed by atoms with Crippen molar-refractivity contribution in [3.05, 3.63) is 70.8 Å². The summed E-state index contributed by atoms with van der Waals surface area (Å²) in [6.07, 6.45) is -2.82. The molecule has 0 unspecified atom stereocenters. The summed E-state index contributed by atoms with van der Waals surface area (Å²) in [5, 5.41) is 0. The molecule has 1 saturated heterocycles. The van der Waals surface area contributed by atoms with Gasteiger partial charge in [0.05, 0.1) is 17.2 Å². The maximum Gasteiger partial charge on any atom is 0.416 e. The van der Waals surface area contributed by atoms with Crippen LogP contribution in [-0.2, 0) is 23.6 Å². The number of benzene rings is 2. The third kappa shape index (κ3) is 7.54. The monoisotopic (exact) mass is 554 g/mol. The Bertz CT molecular complexity index is 1110. The van der Waals surface area contributed by atoms with Gasteiger partial charge in [-0.3, -0.25) is 9.59 Å². The highest BCUT2D eigenvalue weighted by atomic mass is 19.4. The Labute approximate surface area is 224 Å². The van der Waals surface area contributed by atoms with E-state index in [-0.39, 0.29) is 31.6 Å². The summed E-state index contributed by atoms with van der Waals surface area (Å²) in [6.45, 7) is 0.351. The number of alkyl halides is 6. The smallest absolute Gasteiger partial charge is 0.339 e. The van der Waals surface area contributed by atoms with Crippen LogP contribution in [0.2, 0.25) is 0 Å². The van der Waals surface area contributed by atoms with Crippen LogP contribution in [0.3, 0.4) is 0 Å². The zero-order valence-electron chi connectivity index (χ0n) is 21.5. The lowest BCUT2D eigenvalue weighted by molar-refractivity contribution is -0.143. The first-order chi connectivity index (χ1) is 18.4. The van der Waals surface area contributed by atoms with E-state index in [1.807, 2.05) is 18.2 Å². The minimum absolute atomic E-state index is 0.0150. The van der Waals surface area contributed by atoms with E-state index in [9.17, 15) is 35.9 Å². The molecule has 10 heteroatoms. The van der Waals surface area contributed by atoms with Crippen molar-refractivity contribution in [3.8, 4) is 0 Å². The van der Waals surface area contributed by atoms with E-state index in [2.05, 4.69) is 0 Å². The summed E-state index contributed by atoms with van der Waals surface area (Å²) in [4.78, 5) is 29.5. The highest BCUT2D eigenvalue weighted by molar-refractivity contribution is 5.95. The summed E-state index contributed by atoms with van der Waals surface area (Å²) in [6, 6.07) is 9.45. The molecule has 0 bridgehead atoms. The van der Waals surface area contributed by atoms with E-state index in [1.165, 1.54) is 24.2 Å². The molecule has 2 aromatic rings. The number of rotatable bonds is 6. The van der Waals surface area contributed by atoms with Crippen LogP contribution in [0.5, 0.6) is 0 Å². The molecule has 0 aromatic heterocycles. The summed E-state index contributed by atoms with van der Waals surface area (Å²) < 4.78 is 80.5. The van der Waals surface area contributed by atoms with Gasteiger partial charge < -0.3 is 9.80 Å². The Morgan fingerprint density at radius 1 is 0.821 bits per heavy atom. The van der Waals surface area contributed by atoms with E-state index in [1.54, 1.807) is 17.0 Å². The van der Waals surface area contributed by atoms with E-state index in [0.29, 0.717) is 30.9 Å². The topological polar surface area (TPSA) is 40.6 Å². The summed E-state index contributed by atoms with van der Waals surface area (Å²) in [5.74, 6) is -0.430. The fourth-order valence-corrected chi connectivity index (χ4v) is 5.62. The van der Waals surface area contributed by atoms with Crippen molar-refractivity contribution in [2.45, 2.75) is 69.8 Å². The van der Waals surface area contributed by atoms with Crippen LogP contribution >= 0.6 is 0 Å². The van der Waals surface area contributed by atoms with Gasteiger partial charge in [-0.2, -0.15) is 26.3 Å². The fourth-order valence-electron chi connectivity index (χ4n) is 5.62. The molecule has 0 radical (unpaired) electrons. The second-order valence-corrected chi connectivity index (χ2v) is 10.5. The highest BCUT2D eigenvalue weighted by Gasteiger charge is 2.39. The molecule has 2 amide bonds. The number of hydrogen-bond acceptors (Lipinski definition) is 2. The predicted molar refractivity (Wildman–Crippen MR) is 134 cm³/mol. The SMILES string of the molecule is O=C(CCC1CCCCC1)N1CCN(C(=O)c2cc(C(F)(F)F)cc(C(F)(F)F)c2)[C@H](Cc2ccccc2)C1. The number of nitrogens with zero attached hydrogens (tertiary/aromatic N) is 2. The number of hydrogen-bond donors (Lipinski definition) is 0. The molecule has 0 N–H and O–H groups in total. The number of carbonyl (C=O) groups is 2. The maximum atomic E-state index is 13.5. The minimum Gasteiger partial charge on any atom is -0.339 e. The number of halogens is 6. The molecular weight excluding hydrogens is 522 g/mol. The zero-order chi connectivity index (χ0) is 28.2. The molecule has 39 heavy (non-hydrogen) atoms. The van der Waals surface area contributed by atoms with Crippen LogP contribution in [0.15, 0.2) is 48.5 Å². The van der Waals surface area contributed by atoms with E-state index in [4.69, 9.17) is 0 Å². The number of piperazine rings is 1. The lowest BCUT2D eigenvalue weighted by Gasteiger charge is -2.42. The van der Waals surface area contributed by atoms with Gasteiger partial charge in [-0.1, -0.05) is 62.4 Å². The number of carbonyl (C=O) groups excluding carboxylic acids is 2. The molecule has 0 spiro atoms. The third-order valence-corrected chi connectivity index (χ3v) is 7.74. The van der Waals surface area contributed by atoms with Crippen molar-refractivity contribution in [2.75, 3.05) is 19.6 Å². The van der Waals surface area contributed by atoms with Crippen LogP contribution in [-0.4, -0.2) is 47.3 Å². The summed E-state index contributed by atoms with van der Waals surface area (Å²) in [7, 11) is 0. The molecular formula is C29H32F6N2O2.